The molecule has 4 N–H and O–H groups in total. The minimum atomic E-state index is -0.817. The number of hydrogen-bond acceptors (Lipinski definition) is 4. The highest BCUT2D eigenvalue weighted by atomic mass is 19.1. The fraction of sp³-hybridized carbons (Fsp3) is 0.0769. The first-order valence-corrected chi connectivity index (χ1v) is 5.64. The van der Waals surface area contributed by atoms with Crippen LogP contribution in [0.1, 0.15) is 20.8 Å². The van der Waals surface area contributed by atoms with Crippen molar-refractivity contribution in [3.63, 3.8) is 0 Å². The van der Waals surface area contributed by atoms with Crippen molar-refractivity contribution in [3.05, 3.63) is 47.5 Å². The van der Waals surface area contributed by atoms with Gasteiger partial charge in [-0.15, -0.1) is 0 Å². The molecule has 1 heterocycles. The summed E-state index contributed by atoms with van der Waals surface area (Å²) < 4.78 is 17.9. The lowest BCUT2D eigenvalue weighted by Crippen LogP contribution is -2.13. The Bertz CT molecular complexity index is 667. The van der Waals surface area contributed by atoms with Gasteiger partial charge in [0.25, 0.3) is 5.91 Å². The molecule has 6 nitrogen and oxygen atoms in total. The van der Waals surface area contributed by atoms with Gasteiger partial charge in [-0.25, -0.2) is 9.18 Å². The van der Waals surface area contributed by atoms with Crippen molar-refractivity contribution in [1.82, 2.24) is 4.98 Å². The molecule has 1 aromatic carbocycles. The number of methoxy groups -OCH3 is 1. The minimum Gasteiger partial charge on any atom is -0.465 e. The lowest BCUT2D eigenvalue weighted by molar-refractivity contribution is 0.0595. The van der Waals surface area contributed by atoms with Crippen LogP contribution in [0, 0.1) is 5.82 Å². The smallest absolute Gasteiger partial charge is 0.340 e. The third-order valence-corrected chi connectivity index (χ3v) is 2.58. The van der Waals surface area contributed by atoms with Crippen LogP contribution >= 0.6 is 0 Å². The highest BCUT2D eigenvalue weighted by Gasteiger charge is 2.14. The molecule has 0 aliphatic rings. The maximum absolute atomic E-state index is 13.4. The maximum Gasteiger partial charge on any atom is 0.340 e. The van der Waals surface area contributed by atoms with Crippen LogP contribution in [-0.4, -0.2) is 24.0 Å². The van der Waals surface area contributed by atoms with Gasteiger partial charge in [-0.3, -0.25) is 4.79 Å². The zero-order valence-electron chi connectivity index (χ0n) is 10.6. The number of halogens is 1. The summed E-state index contributed by atoms with van der Waals surface area (Å²) in [5.74, 6) is -1.99. The summed E-state index contributed by atoms with van der Waals surface area (Å²) in [6, 6.07) is 5.07. The van der Waals surface area contributed by atoms with E-state index in [4.69, 9.17) is 5.73 Å². The second-order valence-electron chi connectivity index (χ2n) is 3.99. The summed E-state index contributed by atoms with van der Waals surface area (Å²) in [7, 11) is 1.15. The number of hydrogen-bond donors (Lipinski definition) is 3. The van der Waals surface area contributed by atoms with Gasteiger partial charge in [0.2, 0.25) is 0 Å². The zero-order valence-corrected chi connectivity index (χ0v) is 10.6. The van der Waals surface area contributed by atoms with E-state index in [0.29, 0.717) is 5.69 Å². The summed E-state index contributed by atoms with van der Waals surface area (Å²) in [6.45, 7) is 0. The van der Waals surface area contributed by atoms with E-state index in [1.54, 1.807) is 0 Å². The molecule has 0 saturated heterocycles. The lowest BCUT2D eigenvalue weighted by Gasteiger charge is -2.06. The first kappa shape index (κ1) is 13.6. The van der Waals surface area contributed by atoms with Crippen LogP contribution in [0.2, 0.25) is 0 Å². The van der Waals surface area contributed by atoms with Gasteiger partial charge < -0.3 is 20.8 Å². The summed E-state index contributed by atoms with van der Waals surface area (Å²) in [6.07, 6.45) is 1.47. The van der Waals surface area contributed by atoms with Gasteiger partial charge in [-0.1, -0.05) is 0 Å². The Morgan fingerprint density at radius 2 is 2.10 bits per heavy atom. The number of esters is 1. The van der Waals surface area contributed by atoms with E-state index in [9.17, 15) is 14.0 Å². The molecule has 0 aliphatic carbocycles. The quantitative estimate of drug-likeness (QED) is 0.745. The first-order chi connectivity index (χ1) is 9.51. The monoisotopic (exact) mass is 277 g/mol. The van der Waals surface area contributed by atoms with E-state index in [1.165, 1.54) is 24.4 Å². The first-order valence-electron chi connectivity index (χ1n) is 5.64. The molecular formula is C13H12FN3O3. The number of nitrogens with one attached hydrogen (secondary N) is 2. The summed E-state index contributed by atoms with van der Waals surface area (Å²) in [5.41, 5.74) is 6.18. The fourth-order valence-electron chi connectivity index (χ4n) is 1.61. The average molecular weight is 277 g/mol. The minimum absolute atomic E-state index is 0.253. The predicted octanol–water partition coefficient (Wildman–Crippen LogP) is 1.77. The van der Waals surface area contributed by atoms with Gasteiger partial charge >= 0.3 is 5.97 Å². The topological polar surface area (TPSA) is 97.2 Å². The summed E-state index contributed by atoms with van der Waals surface area (Å²) in [4.78, 5) is 25.9. The van der Waals surface area contributed by atoms with Crippen molar-refractivity contribution in [2.45, 2.75) is 0 Å². The lowest BCUT2D eigenvalue weighted by atomic mass is 10.2. The number of rotatable bonds is 3. The van der Waals surface area contributed by atoms with Gasteiger partial charge in [0.15, 0.2) is 0 Å². The largest absolute Gasteiger partial charge is 0.465 e. The van der Waals surface area contributed by atoms with E-state index >= 15 is 0 Å². The number of aromatic amines is 1. The number of carbonyl (C=O) groups excluding carboxylic acids is 2. The molecule has 1 aromatic heterocycles. The SMILES string of the molecule is COC(=O)c1cc(NC(=O)c2cc(N)c[nH]2)ccc1F. The van der Waals surface area contributed by atoms with E-state index < -0.39 is 17.7 Å². The number of nitrogen functional groups attached to an aromatic ring is 1. The second kappa shape index (κ2) is 5.43. The molecular weight excluding hydrogens is 265 g/mol. The Balaban J connectivity index is 2.22. The third-order valence-electron chi connectivity index (χ3n) is 2.58. The number of aromatic nitrogens is 1. The van der Waals surface area contributed by atoms with Crippen molar-refractivity contribution in [1.29, 1.82) is 0 Å². The summed E-state index contributed by atoms with van der Waals surface area (Å²) >= 11 is 0. The molecule has 0 radical (unpaired) electrons. The number of carbonyl (C=O) groups is 2. The standard InChI is InChI=1S/C13H12FN3O3/c1-20-13(19)9-5-8(2-3-10(9)14)17-12(18)11-4-7(15)6-16-11/h2-6,16H,15H2,1H3,(H,17,18). The van der Waals surface area contributed by atoms with Crippen molar-refractivity contribution in [2.75, 3.05) is 18.2 Å². The van der Waals surface area contributed by atoms with Crippen LogP contribution in [0.15, 0.2) is 30.5 Å². The molecule has 104 valence electrons. The Morgan fingerprint density at radius 1 is 1.35 bits per heavy atom. The van der Waals surface area contributed by atoms with E-state index in [2.05, 4.69) is 15.0 Å². The van der Waals surface area contributed by atoms with Crippen molar-refractivity contribution in [3.8, 4) is 0 Å². The average Bonchev–Trinajstić information content (AvgIpc) is 2.87. The molecule has 0 unspecified atom stereocenters. The molecule has 0 atom stereocenters. The molecule has 7 heteroatoms. The zero-order chi connectivity index (χ0) is 14.7. The van der Waals surface area contributed by atoms with Crippen LogP contribution in [0.25, 0.3) is 0 Å². The van der Waals surface area contributed by atoms with Gasteiger partial charge in [-0.2, -0.15) is 0 Å². The van der Waals surface area contributed by atoms with Gasteiger partial charge in [-0.05, 0) is 24.3 Å². The van der Waals surface area contributed by atoms with Crippen LogP contribution in [0.4, 0.5) is 15.8 Å². The van der Waals surface area contributed by atoms with Crippen LogP contribution in [-0.2, 0) is 4.74 Å². The number of nitrogens with two attached hydrogens (primary N) is 1. The van der Waals surface area contributed by atoms with Gasteiger partial charge in [0, 0.05) is 17.6 Å². The van der Waals surface area contributed by atoms with Crippen LogP contribution in [0.5, 0.6) is 0 Å². The van der Waals surface area contributed by atoms with Crippen LogP contribution in [0.3, 0.4) is 0 Å². The number of anilines is 2. The Kier molecular flexibility index (Phi) is 3.69. The number of benzene rings is 1. The van der Waals surface area contributed by atoms with Crippen molar-refractivity contribution >= 4 is 23.3 Å². The Morgan fingerprint density at radius 3 is 2.70 bits per heavy atom. The fourth-order valence-corrected chi connectivity index (χ4v) is 1.61. The Labute approximate surface area is 113 Å². The highest BCUT2D eigenvalue weighted by Crippen LogP contribution is 2.17. The number of amides is 1. The summed E-state index contributed by atoms with van der Waals surface area (Å²) in [5, 5.41) is 2.52. The van der Waals surface area contributed by atoms with Gasteiger partial charge in [0.1, 0.15) is 11.5 Å². The predicted molar refractivity (Wildman–Crippen MR) is 70.9 cm³/mol. The van der Waals surface area contributed by atoms with E-state index in [0.717, 1.165) is 13.2 Å². The number of ether oxygens (including phenoxy) is 1. The maximum atomic E-state index is 13.4. The van der Waals surface area contributed by atoms with Crippen molar-refractivity contribution in [2.24, 2.45) is 0 Å². The molecule has 0 fully saturated rings. The molecule has 0 bridgehead atoms. The van der Waals surface area contributed by atoms with E-state index in [-0.39, 0.29) is 16.9 Å². The molecule has 2 rings (SSSR count). The number of H-pyrrole nitrogens is 1. The third kappa shape index (κ3) is 2.77. The molecule has 0 saturated carbocycles. The van der Waals surface area contributed by atoms with E-state index in [1.807, 2.05) is 0 Å². The molecule has 2 aromatic rings. The normalized spacial score (nSPS) is 10.1. The molecule has 1 amide bonds. The molecule has 0 aliphatic heterocycles. The Hall–Kier alpha value is -2.83. The van der Waals surface area contributed by atoms with Gasteiger partial charge in [0.05, 0.1) is 12.7 Å². The van der Waals surface area contributed by atoms with Crippen molar-refractivity contribution < 1.29 is 18.7 Å². The van der Waals surface area contributed by atoms with Crippen LogP contribution < -0.4 is 11.1 Å². The second-order valence-corrected chi connectivity index (χ2v) is 3.99. The molecule has 0 spiro atoms. The highest BCUT2D eigenvalue weighted by molar-refractivity contribution is 6.04. The molecule has 20 heavy (non-hydrogen) atoms.